The zero-order valence-corrected chi connectivity index (χ0v) is 18.0. The number of nitrogens with one attached hydrogen (secondary N) is 1. The van der Waals surface area contributed by atoms with Gasteiger partial charge in [-0.3, -0.25) is 4.79 Å². The molecule has 1 unspecified atom stereocenters. The Morgan fingerprint density at radius 3 is 2.58 bits per heavy atom. The Balaban J connectivity index is 1.55. The van der Waals surface area contributed by atoms with Crippen molar-refractivity contribution in [1.29, 1.82) is 0 Å². The van der Waals surface area contributed by atoms with Gasteiger partial charge in [0.15, 0.2) is 6.61 Å². The van der Waals surface area contributed by atoms with Crippen LogP contribution in [0.4, 0.5) is 0 Å². The number of hydrogen-bond acceptors (Lipinski definition) is 6. The minimum atomic E-state index is -1.10. The quantitative estimate of drug-likeness (QED) is 0.491. The van der Waals surface area contributed by atoms with Crippen molar-refractivity contribution in [3.8, 4) is 5.75 Å². The molecule has 0 saturated carbocycles. The van der Waals surface area contributed by atoms with Crippen LogP contribution < -0.4 is 15.7 Å². The monoisotopic (exact) mass is 441 g/mol. The first kappa shape index (κ1) is 22.4. The van der Waals surface area contributed by atoms with Crippen LogP contribution in [0.1, 0.15) is 16.7 Å². The number of aliphatic carboxylic acids is 1. The zero-order valence-electron chi connectivity index (χ0n) is 17.2. The predicted octanol–water partition coefficient (Wildman–Crippen LogP) is 3.29. The molecule has 0 saturated heterocycles. The van der Waals surface area contributed by atoms with Gasteiger partial charge in [-0.2, -0.15) is 11.8 Å². The highest BCUT2D eigenvalue weighted by atomic mass is 32.2. The van der Waals surface area contributed by atoms with Crippen LogP contribution in [-0.4, -0.2) is 35.4 Å². The van der Waals surface area contributed by atoms with Gasteiger partial charge in [0.05, 0.1) is 0 Å². The van der Waals surface area contributed by atoms with Crippen LogP contribution in [0.15, 0.2) is 57.7 Å². The van der Waals surface area contributed by atoms with Gasteiger partial charge in [-0.05, 0) is 37.1 Å². The van der Waals surface area contributed by atoms with E-state index in [9.17, 15) is 19.5 Å². The second-order valence-electron chi connectivity index (χ2n) is 7.05. The molecule has 1 atom stereocenters. The molecule has 31 heavy (non-hydrogen) atoms. The number of rotatable bonds is 9. The lowest BCUT2D eigenvalue weighted by molar-refractivity contribution is -0.141. The molecule has 1 aromatic heterocycles. The number of benzene rings is 2. The Morgan fingerprint density at radius 1 is 1.13 bits per heavy atom. The second-order valence-corrected chi connectivity index (χ2v) is 8.08. The molecule has 2 aromatic carbocycles. The summed E-state index contributed by atoms with van der Waals surface area (Å²) < 4.78 is 10.7. The number of amides is 1. The van der Waals surface area contributed by atoms with Crippen molar-refractivity contribution in [3.63, 3.8) is 0 Å². The van der Waals surface area contributed by atoms with Crippen molar-refractivity contribution in [2.75, 3.05) is 12.4 Å². The molecule has 162 valence electrons. The second kappa shape index (κ2) is 10.2. The van der Waals surface area contributed by atoms with Crippen molar-refractivity contribution < 1.29 is 23.8 Å². The summed E-state index contributed by atoms with van der Waals surface area (Å²) >= 11 is 1.43. The molecule has 3 aromatic rings. The van der Waals surface area contributed by atoms with Crippen molar-refractivity contribution >= 4 is 34.6 Å². The molecule has 0 aliphatic heterocycles. The van der Waals surface area contributed by atoms with Crippen molar-refractivity contribution in [3.05, 3.63) is 75.6 Å². The van der Waals surface area contributed by atoms with Gasteiger partial charge in [0.2, 0.25) is 0 Å². The maximum absolute atomic E-state index is 12.2. The molecule has 1 amide bonds. The molecule has 0 fully saturated rings. The maximum atomic E-state index is 12.2. The number of carbonyl (C=O) groups excluding carboxylic acids is 1. The smallest absolute Gasteiger partial charge is 0.339 e. The van der Waals surface area contributed by atoms with E-state index in [0.717, 1.165) is 16.5 Å². The number of carboxylic acids is 1. The summed E-state index contributed by atoms with van der Waals surface area (Å²) in [6.45, 7) is 3.19. The predicted molar refractivity (Wildman–Crippen MR) is 120 cm³/mol. The Kier molecular flexibility index (Phi) is 7.36. The van der Waals surface area contributed by atoms with Gasteiger partial charge in [0.25, 0.3) is 5.91 Å². The highest BCUT2D eigenvalue weighted by Gasteiger charge is 2.20. The topological polar surface area (TPSA) is 106 Å². The van der Waals surface area contributed by atoms with E-state index in [-0.39, 0.29) is 12.4 Å². The summed E-state index contributed by atoms with van der Waals surface area (Å²) in [5, 5.41) is 12.7. The zero-order chi connectivity index (χ0) is 22.4. The third kappa shape index (κ3) is 5.88. The third-order valence-corrected chi connectivity index (χ3v) is 5.93. The molecule has 0 bridgehead atoms. The van der Waals surface area contributed by atoms with E-state index in [1.807, 2.05) is 37.3 Å². The average molecular weight is 442 g/mol. The van der Waals surface area contributed by atoms with E-state index < -0.39 is 23.5 Å². The van der Waals surface area contributed by atoms with Crippen LogP contribution in [0.3, 0.4) is 0 Å². The standard InChI is InChI=1S/C23H23NO6S/c1-14-15(2)23(28)30-20-10-17(8-9-18(14)20)29-11-21(25)24-19(22(26)27)13-31-12-16-6-4-3-5-7-16/h3-10,19H,11-13H2,1-2H3,(H,24,25)(H,26,27). The molecular weight excluding hydrogens is 418 g/mol. The molecule has 7 nitrogen and oxygen atoms in total. The maximum Gasteiger partial charge on any atom is 0.339 e. The number of fused-ring (bicyclic) bond motifs is 1. The van der Waals surface area contributed by atoms with Gasteiger partial charge in [-0.1, -0.05) is 30.3 Å². The normalized spacial score (nSPS) is 11.8. The van der Waals surface area contributed by atoms with Crippen LogP contribution >= 0.6 is 11.8 Å². The van der Waals surface area contributed by atoms with Crippen LogP contribution in [0.5, 0.6) is 5.75 Å². The molecule has 3 rings (SSSR count). The number of carboxylic acid groups (broad SMARTS) is 1. The Hall–Kier alpha value is -3.26. The summed E-state index contributed by atoms with van der Waals surface area (Å²) in [5.41, 5.74) is 2.40. The molecule has 0 spiro atoms. The fraction of sp³-hybridized carbons (Fsp3) is 0.261. The SMILES string of the molecule is Cc1c(C)c2ccc(OCC(=O)NC(CSCc3ccccc3)C(=O)O)cc2oc1=O. The highest BCUT2D eigenvalue weighted by Crippen LogP contribution is 2.23. The molecule has 2 N–H and O–H groups in total. The Morgan fingerprint density at radius 2 is 1.87 bits per heavy atom. The molecule has 1 heterocycles. The molecule has 0 aliphatic carbocycles. The molecule has 0 radical (unpaired) electrons. The molecule has 8 heteroatoms. The first-order valence-corrected chi connectivity index (χ1v) is 10.8. The minimum Gasteiger partial charge on any atom is -0.484 e. The summed E-state index contributed by atoms with van der Waals surface area (Å²) in [6.07, 6.45) is 0. The van der Waals surface area contributed by atoms with E-state index in [1.54, 1.807) is 25.1 Å². The fourth-order valence-electron chi connectivity index (χ4n) is 2.95. The van der Waals surface area contributed by atoms with Crippen LogP contribution in [0.25, 0.3) is 11.0 Å². The summed E-state index contributed by atoms with van der Waals surface area (Å²) in [6, 6.07) is 13.6. The van der Waals surface area contributed by atoms with Gasteiger partial charge in [0.1, 0.15) is 17.4 Å². The van der Waals surface area contributed by atoms with E-state index in [2.05, 4.69) is 5.32 Å². The Labute approximate surface area is 183 Å². The minimum absolute atomic E-state index is 0.232. The lowest BCUT2D eigenvalue weighted by Gasteiger charge is -2.15. The molecule has 0 aliphatic rings. The molecular formula is C23H23NO6S. The van der Waals surface area contributed by atoms with Gasteiger partial charge in [-0.25, -0.2) is 9.59 Å². The van der Waals surface area contributed by atoms with Crippen LogP contribution in [0.2, 0.25) is 0 Å². The Bertz CT molecular complexity index is 1140. The van der Waals surface area contributed by atoms with Crippen LogP contribution in [-0.2, 0) is 15.3 Å². The van der Waals surface area contributed by atoms with Crippen LogP contribution in [0, 0.1) is 13.8 Å². The van der Waals surface area contributed by atoms with Crippen molar-refractivity contribution in [2.45, 2.75) is 25.6 Å². The summed E-state index contributed by atoms with van der Waals surface area (Å²) in [5.74, 6) is -0.422. The van der Waals surface area contributed by atoms with Gasteiger partial charge in [0, 0.05) is 28.5 Å². The number of thioether (sulfide) groups is 1. The number of ether oxygens (including phenoxy) is 1. The van der Waals surface area contributed by atoms with Crippen molar-refractivity contribution in [2.24, 2.45) is 0 Å². The average Bonchev–Trinajstić information content (AvgIpc) is 2.76. The lowest BCUT2D eigenvalue weighted by atomic mass is 10.1. The van der Waals surface area contributed by atoms with E-state index in [0.29, 0.717) is 22.6 Å². The summed E-state index contributed by atoms with van der Waals surface area (Å²) in [7, 11) is 0. The number of aryl methyl sites for hydroxylation is 1. The van der Waals surface area contributed by atoms with E-state index in [4.69, 9.17) is 9.15 Å². The first-order chi connectivity index (χ1) is 14.8. The lowest BCUT2D eigenvalue weighted by Crippen LogP contribution is -2.44. The highest BCUT2D eigenvalue weighted by molar-refractivity contribution is 7.98. The van der Waals surface area contributed by atoms with E-state index >= 15 is 0 Å². The van der Waals surface area contributed by atoms with Gasteiger partial charge in [-0.15, -0.1) is 0 Å². The fourth-order valence-corrected chi connectivity index (χ4v) is 3.95. The number of hydrogen-bond donors (Lipinski definition) is 2. The van der Waals surface area contributed by atoms with E-state index in [1.165, 1.54) is 11.8 Å². The van der Waals surface area contributed by atoms with Gasteiger partial charge >= 0.3 is 11.6 Å². The summed E-state index contributed by atoms with van der Waals surface area (Å²) in [4.78, 5) is 35.5. The number of carbonyl (C=O) groups is 2. The van der Waals surface area contributed by atoms with Gasteiger partial charge < -0.3 is 19.6 Å². The third-order valence-electron chi connectivity index (χ3n) is 4.83. The van der Waals surface area contributed by atoms with Crippen molar-refractivity contribution in [1.82, 2.24) is 5.32 Å². The first-order valence-electron chi connectivity index (χ1n) is 9.66. The largest absolute Gasteiger partial charge is 0.484 e.